The number of hydrogen-bond acceptors (Lipinski definition) is 1. The van der Waals surface area contributed by atoms with Gasteiger partial charge in [-0.15, -0.1) is 0 Å². The smallest absolute Gasteiger partial charge is 0.379 e. The lowest BCUT2D eigenvalue weighted by Crippen LogP contribution is -2.19. The molecule has 20 heavy (non-hydrogen) atoms. The quantitative estimate of drug-likeness (QED) is 0.861. The molecule has 0 spiro atoms. The van der Waals surface area contributed by atoms with E-state index < -0.39 is 23.9 Å². The number of nitrogens with zero attached hydrogens (tertiary/aromatic N) is 1. The van der Waals surface area contributed by atoms with Gasteiger partial charge in [0.15, 0.2) is 6.10 Å². The van der Waals surface area contributed by atoms with E-state index in [1.54, 1.807) is 0 Å². The van der Waals surface area contributed by atoms with Crippen LogP contribution in [0.1, 0.15) is 17.2 Å². The summed E-state index contributed by atoms with van der Waals surface area (Å²) in [5.74, 6) is -1.52. The van der Waals surface area contributed by atoms with Crippen LogP contribution in [0.15, 0.2) is 36.7 Å². The van der Waals surface area contributed by atoms with Gasteiger partial charge in [-0.2, -0.15) is 13.2 Å². The maximum absolute atomic E-state index is 13.0. The topological polar surface area (TPSA) is 25.2 Å². The van der Waals surface area contributed by atoms with E-state index in [1.807, 2.05) is 0 Å². The summed E-state index contributed by atoms with van der Waals surface area (Å²) >= 11 is 0. The molecule has 2 nitrogen and oxygen atoms in total. The molecule has 2 aromatic rings. The van der Waals surface area contributed by atoms with Gasteiger partial charge in [0.1, 0.15) is 11.6 Å². The minimum Gasteiger partial charge on any atom is -0.379 e. The van der Waals surface area contributed by atoms with Crippen LogP contribution in [0.25, 0.3) is 0 Å². The molecule has 7 heteroatoms. The molecule has 108 valence electrons. The SMILES string of the molecule is OC(c1ccn(Cc2cc(F)cc(F)c2)c1)C(F)(F)F. The zero-order valence-corrected chi connectivity index (χ0v) is 10.0. The Kier molecular flexibility index (Phi) is 3.80. The van der Waals surface area contributed by atoms with Gasteiger partial charge in [-0.3, -0.25) is 0 Å². The van der Waals surface area contributed by atoms with Crippen molar-refractivity contribution in [2.45, 2.75) is 18.8 Å². The Hall–Kier alpha value is -1.89. The lowest BCUT2D eigenvalue weighted by Gasteiger charge is -2.12. The highest BCUT2D eigenvalue weighted by molar-refractivity contribution is 5.21. The van der Waals surface area contributed by atoms with Crippen LogP contribution < -0.4 is 0 Å². The first kappa shape index (κ1) is 14.5. The molecule has 1 N–H and O–H groups in total. The van der Waals surface area contributed by atoms with E-state index in [2.05, 4.69) is 0 Å². The van der Waals surface area contributed by atoms with Gasteiger partial charge in [0, 0.05) is 30.6 Å². The van der Waals surface area contributed by atoms with E-state index in [0.717, 1.165) is 24.4 Å². The molecule has 0 aliphatic carbocycles. The lowest BCUT2D eigenvalue weighted by atomic mass is 10.2. The van der Waals surface area contributed by atoms with Crippen molar-refractivity contribution < 1.29 is 27.1 Å². The number of aliphatic hydroxyl groups is 1. The van der Waals surface area contributed by atoms with Crippen LogP contribution in [0.2, 0.25) is 0 Å². The van der Waals surface area contributed by atoms with Gasteiger partial charge >= 0.3 is 6.18 Å². The van der Waals surface area contributed by atoms with E-state index >= 15 is 0 Å². The van der Waals surface area contributed by atoms with Crippen molar-refractivity contribution in [3.63, 3.8) is 0 Å². The fourth-order valence-corrected chi connectivity index (χ4v) is 1.82. The Balaban J connectivity index is 2.17. The number of alkyl halides is 3. The molecule has 0 bridgehead atoms. The van der Waals surface area contributed by atoms with Crippen LogP contribution in [0.5, 0.6) is 0 Å². The van der Waals surface area contributed by atoms with Gasteiger partial charge in [-0.05, 0) is 23.8 Å². The number of rotatable bonds is 3. The average Bonchev–Trinajstić information content (AvgIpc) is 2.73. The number of aromatic nitrogens is 1. The molecule has 0 aliphatic rings. The van der Waals surface area contributed by atoms with Crippen molar-refractivity contribution in [3.05, 3.63) is 59.4 Å². The maximum atomic E-state index is 13.0. The molecular weight excluding hydrogens is 281 g/mol. The molecule has 2 rings (SSSR count). The fourth-order valence-electron chi connectivity index (χ4n) is 1.82. The minimum atomic E-state index is -4.75. The Bertz CT molecular complexity index is 585. The molecule has 0 radical (unpaired) electrons. The predicted molar refractivity (Wildman–Crippen MR) is 60.9 cm³/mol. The summed E-state index contributed by atoms with van der Waals surface area (Å²) in [4.78, 5) is 0. The van der Waals surface area contributed by atoms with Crippen molar-refractivity contribution in [2.24, 2.45) is 0 Å². The third-order valence-electron chi connectivity index (χ3n) is 2.69. The van der Waals surface area contributed by atoms with Crippen LogP contribution in [0.3, 0.4) is 0 Å². The van der Waals surface area contributed by atoms with Crippen molar-refractivity contribution in [2.75, 3.05) is 0 Å². The Morgan fingerprint density at radius 1 is 1.10 bits per heavy atom. The Morgan fingerprint density at radius 2 is 1.70 bits per heavy atom. The van der Waals surface area contributed by atoms with Crippen LogP contribution in [0.4, 0.5) is 22.0 Å². The van der Waals surface area contributed by atoms with E-state index in [0.29, 0.717) is 6.07 Å². The highest BCUT2D eigenvalue weighted by atomic mass is 19.4. The second-order valence-corrected chi connectivity index (χ2v) is 4.34. The summed E-state index contributed by atoms with van der Waals surface area (Å²) in [6.45, 7) is -0.000737. The second kappa shape index (κ2) is 5.24. The molecule has 1 atom stereocenters. The number of benzene rings is 1. The average molecular weight is 291 g/mol. The summed E-state index contributed by atoms with van der Waals surface area (Å²) in [5, 5.41) is 9.07. The van der Waals surface area contributed by atoms with Gasteiger partial charge in [0.2, 0.25) is 0 Å². The largest absolute Gasteiger partial charge is 0.418 e. The molecule has 0 amide bonds. The van der Waals surface area contributed by atoms with Crippen molar-refractivity contribution in [1.82, 2.24) is 4.57 Å². The van der Waals surface area contributed by atoms with Gasteiger partial charge < -0.3 is 9.67 Å². The van der Waals surface area contributed by atoms with Crippen molar-refractivity contribution in [1.29, 1.82) is 0 Å². The highest BCUT2D eigenvalue weighted by Crippen LogP contribution is 2.32. The normalized spacial score (nSPS) is 13.5. The monoisotopic (exact) mass is 291 g/mol. The Morgan fingerprint density at radius 3 is 2.25 bits per heavy atom. The van der Waals surface area contributed by atoms with E-state index in [-0.39, 0.29) is 17.7 Å². The number of halogens is 5. The highest BCUT2D eigenvalue weighted by Gasteiger charge is 2.39. The molecule has 0 saturated heterocycles. The molecule has 1 aromatic carbocycles. The van der Waals surface area contributed by atoms with Gasteiger partial charge in [-0.25, -0.2) is 8.78 Å². The van der Waals surface area contributed by atoms with Gasteiger partial charge in [0.25, 0.3) is 0 Å². The first-order valence-electron chi connectivity index (χ1n) is 5.61. The van der Waals surface area contributed by atoms with Crippen LogP contribution in [-0.2, 0) is 6.54 Å². The molecule has 0 saturated carbocycles. The third kappa shape index (κ3) is 3.36. The third-order valence-corrected chi connectivity index (χ3v) is 2.69. The summed E-state index contributed by atoms with van der Waals surface area (Å²) in [7, 11) is 0. The number of hydrogen-bond donors (Lipinski definition) is 1. The molecule has 0 aliphatic heterocycles. The van der Waals surface area contributed by atoms with Crippen LogP contribution in [-0.4, -0.2) is 15.8 Å². The summed E-state index contributed by atoms with van der Waals surface area (Å²) < 4.78 is 64.2. The Labute approximate surface area is 111 Å². The molecule has 1 heterocycles. The second-order valence-electron chi connectivity index (χ2n) is 4.34. The van der Waals surface area contributed by atoms with Gasteiger partial charge in [0.05, 0.1) is 0 Å². The van der Waals surface area contributed by atoms with Gasteiger partial charge in [-0.1, -0.05) is 0 Å². The zero-order chi connectivity index (χ0) is 14.9. The van der Waals surface area contributed by atoms with Crippen molar-refractivity contribution in [3.8, 4) is 0 Å². The van der Waals surface area contributed by atoms with Crippen LogP contribution >= 0.6 is 0 Å². The molecular formula is C13H10F5NO. The van der Waals surface area contributed by atoms with E-state index in [1.165, 1.54) is 10.8 Å². The molecule has 0 fully saturated rings. The summed E-state index contributed by atoms with van der Waals surface area (Å²) in [5.41, 5.74) is -0.0551. The number of aliphatic hydroxyl groups excluding tert-OH is 1. The zero-order valence-electron chi connectivity index (χ0n) is 10.0. The summed E-state index contributed by atoms with van der Waals surface area (Å²) in [6, 6.07) is 3.98. The molecule has 1 unspecified atom stereocenters. The minimum absolute atomic E-state index is 0.000737. The van der Waals surface area contributed by atoms with Crippen LogP contribution in [0, 0.1) is 11.6 Å². The predicted octanol–water partition coefficient (Wildman–Crippen LogP) is 3.41. The summed E-state index contributed by atoms with van der Waals surface area (Å²) in [6.07, 6.45) is -4.95. The van der Waals surface area contributed by atoms with E-state index in [4.69, 9.17) is 5.11 Å². The molecule has 1 aromatic heterocycles. The van der Waals surface area contributed by atoms with E-state index in [9.17, 15) is 22.0 Å². The lowest BCUT2D eigenvalue weighted by molar-refractivity contribution is -0.206. The standard InChI is InChI=1S/C13H10F5NO/c14-10-3-8(4-11(15)5-10)6-19-2-1-9(7-19)12(20)13(16,17)18/h1-5,7,12,20H,6H2. The van der Waals surface area contributed by atoms with Crippen molar-refractivity contribution >= 4 is 0 Å². The maximum Gasteiger partial charge on any atom is 0.418 e. The first-order chi connectivity index (χ1) is 9.25. The fraction of sp³-hybridized carbons (Fsp3) is 0.231. The first-order valence-corrected chi connectivity index (χ1v) is 5.61.